The largest absolute Gasteiger partial charge is 0.573 e. The van der Waals surface area contributed by atoms with Gasteiger partial charge in [0.05, 0.1) is 6.04 Å². The first-order chi connectivity index (χ1) is 9.40. The topological polar surface area (TPSA) is 35.2 Å². The highest BCUT2D eigenvalue weighted by Crippen LogP contribution is 2.31. The molecule has 0 radical (unpaired) electrons. The zero-order valence-electron chi connectivity index (χ0n) is 10.8. The highest BCUT2D eigenvalue weighted by molar-refractivity contribution is 7.10. The first-order valence-corrected chi connectivity index (χ1v) is 6.96. The van der Waals surface area contributed by atoms with E-state index < -0.39 is 12.4 Å². The van der Waals surface area contributed by atoms with Gasteiger partial charge in [-0.1, -0.05) is 19.1 Å². The van der Waals surface area contributed by atoms with Crippen LogP contribution in [0.5, 0.6) is 5.75 Å². The average Bonchev–Trinajstić information content (AvgIpc) is 2.84. The summed E-state index contributed by atoms with van der Waals surface area (Å²) in [6, 6.07) is 7.34. The number of aryl methyl sites for hydroxylation is 1. The molecule has 2 nitrogen and oxygen atoms in total. The maximum Gasteiger partial charge on any atom is 0.573 e. The van der Waals surface area contributed by atoms with E-state index in [-0.39, 0.29) is 5.75 Å². The van der Waals surface area contributed by atoms with Gasteiger partial charge in [0.15, 0.2) is 0 Å². The normalized spacial score (nSPS) is 13.2. The lowest BCUT2D eigenvalue weighted by atomic mass is 10.0. The van der Waals surface area contributed by atoms with Gasteiger partial charge >= 0.3 is 6.36 Å². The lowest BCUT2D eigenvalue weighted by Crippen LogP contribution is -2.18. The predicted octanol–water partition coefficient (Wildman–Crippen LogP) is 4.26. The molecule has 1 aromatic heterocycles. The molecule has 2 rings (SSSR count). The number of hydrogen-bond acceptors (Lipinski definition) is 3. The highest BCUT2D eigenvalue weighted by Gasteiger charge is 2.31. The smallest absolute Gasteiger partial charge is 0.406 e. The third kappa shape index (κ3) is 3.52. The van der Waals surface area contributed by atoms with Crippen LogP contribution in [-0.2, 0) is 6.42 Å². The number of hydrogen-bond donors (Lipinski definition) is 1. The van der Waals surface area contributed by atoms with Crippen LogP contribution in [0.2, 0.25) is 0 Å². The molecule has 1 atom stereocenters. The second-order valence-corrected chi connectivity index (χ2v) is 5.21. The van der Waals surface area contributed by atoms with Gasteiger partial charge in [-0.2, -0.15) is 0 Å². The summed E-state index contributed by atoms with van der Waals surface area (Å²) in [5, 5.41) is 1.93. The van der Waals surface area contributed by atoms with E-state index in [1.807, 2.05) is 18.4 Å². The Morgan fingerprint density at radius 3 is 2.70 bits per heavy atom. The van der Waals surface area contributed by atoms with Crippen LogP contribution >= 0.6 is 11.3 Å². The molecule has 2 aromatic rings. The molecule has 1 unspecified atom stereocenters. The number of nitrogens with two attached hydrogens (primary N) is 1. The van der Waals surface area contributed by atoms with E-state index in [0.717, 1.165) is 16.9 Å². The zero-order valence-corrected chi connectivity index (χ0v) is 11.6. The Bertz CT molecular complexity index is 580. The molecule has 0 fully saturated rings. The molecule has 20 heavy (non-hydrogen) atoms. The van der Waals surface area contributed by atoms with Crippen LogP contribution in [0.25, 0.3) is 0 Å². The number of ether oxygens (including phenoxy) is 1. The first-order valence-electron chi connectivity index (χ1n) is 6.08. The van der Waals surface area contributed by atoms with Crippen molar-refractivity contribution in [2.75, 3.05) is 0 Å². The third-order valence-electron chi connectivity index (χ3n) is 2.89. The summed E-state index contributed by atoms with van der Waals surface area (Å²) in [4.78, 5) is 0.969. The maximum atomic E-state index is 12.2. The SMILES string of the molecule is CCc1ccsc1C(N)c1cccc(OC(F)(F)F)c1. The molecular weight excluding hydrogens is 287 g/mol. The summed E-state index contributed by atoms with van der Waals surface area (Å²) in [6.45, 7) is 2.02. The third-order valence-corrected chi connectivity index (χ3v) is 3.94. The highest BCUT2D eigenvalue weighted by atomic mass is 32.1. The van der Waals surface area contributed by atoms with E-state index in [1.165, 1.54) is 29.5 Å². The van der Waals surface area contributed by atoms with Crippen molar-refractivity contribution in [3.8, 4) is 5.75 Å². The molecule has 0 saturated heterocycles. The Morgan fingerprint density at radius 1 is 1.30 bits per heavy atom. The van der Waals surface area contributed by atoms with Gasteiger partial charge in [-0.3, -0.25) is 0 Å². The molecule has 1 aromatic carbocycles. The fraction of sp³-hybridized carbons (Fsp3) is 0.286. The number of halogens is 3. The summed E-state index contributed by atoms with van der Waals surface area (Å²) in [5.74, 6) is -0.250. The summed E-state index contributed by atoms with van der Waals surface area (Å²) in [6.07, 6.45) is -3.86. The van der Waals surface area contributed by atoms with Crippen LogP contribution in [-0.4, -0.2) is 6.36 Å². The minimum absolute atomic E-state index is 0.250. The van der Waals surface area contributed by atoms with Crippen molar-refractivity contribution >= 4 is 11.3 Å². The Balaban J connectivity index is 2.27. The van der Waals surface area contributed by atoms with Crippen molar-refractivity contribution in [2.45, 2.75) is 25.7 Å². The molecule has 108 valence electrons. The Labute approximate surface area is 119 Å². The van der Waals surface area contributed by atoms with E-state index >= 15 is 0 Å². The Hall–Kier alpha value is -1.53. The minimum Gasteiger partial charge on any atom is -0.406 e. The molecule has 0 spiro atoms. The van der Waals surface area contributed by atoms with Gasteiger partial charge in [0, 0.05) is 4.88 Å². The van der Waals surface area contributed by atoms with Crippen LogP contribution in [0.1, 0.15) is 29.0 Å². The van der Waals surface area contributed by atoms with Crippen LogP contribution in [0.3, 0.4) is 0 Å². The number of alkyl halides is 3. The number of thiophene rings is 1. The fourth-order valence-corrected chi connectivity index (χ4v) is 2.99. The lowest BCUT2D eigenvalue weighted by molar-refractivity contribution is -0.274. The predicted molar refractivity (Wildman–Crippen MR) is 72.9 cm³/mol. The zero-order chi connectivity index (χ0) is 14.8. The van der Waals surface area contributed by atoms with E-state index in [1.54, 1.807) is 6.07 Å². The lowest BCUT2D eigenvalue weighted by Gasteiger charge is -2.15. The molecule has 2 N–H and O–H groups in total. The number of benzene rings is 1. The molecular formula is C14H14F3NOS. The van der Waals surface area contributed by atoms with Crippen molar-refractivity contribution in [2.24, 2.45) is 5.73 Å². The van der Waals surface area contributed by atoms with E-state index in [0.29, 0.717) is 5.56 Å². The van der Waals surface area contributed by atoms with Crippen molar-refractivity contribution in [1.82, 2.24) is 0 Å². The molecule has 0 saturated carbocycles. The van der Waals surface area contributed by atoms with Gasteiger partial charge in [-0.15, -0.1) is 24.5 Å². The van der Waals surface area contributed by atoms with E-state index in [4.69, 9.17) is 5.73 Å². The Kier molecular flexibility index (Phi) is 4.35. The first kappa shape index (κ1) is 14.9. The quantitative estimate of drug-likeness (QED) is 0.916. The summed E-state index contributed by atoms with van der Waals surface area (Å²) in [5.41, 5.74) is 7.86. The van der Waals surface area contributed by atoms with Crippen molar-refractivity contribution in [1.29, 1.82) is 0 Å². The van der Waals surface area contributed by atoms with E-state index in [9.17, 15) is 13.2 Å². The van der Waals surface area contributed by atoms with Gasteiger partial charge in [0.25, 0.3) is 0 Å². The van der Waals surface area contributed by atoms with E-state index in [2.05, 4.69) is 4.74 Å². The van der Waals surface area contributed by atoms with Crippen LogP contribution in [0, 0.1) is 0 Å². The number of rotatable bonds is 4. The van der Waals surface area contributed by atoms with Crippen molar-refractivity contribution in [3.63, 3.8) is 0 Å². The summed E-state index contributed by atoms with van der Waals surface area (Å²) in [7, 11) is 0. The van der Waals surface area contributed by atoms with Gasteiger partial charge in [-0.05, 0) is 41.1 Å². The van der Waals surface area contributed by atoms with Gasteiger partial charge in [0.2, 0.25) is 0 Å². The standard InChI is InChI=1S/C14H14F3NOS/c1-2-9-6-7-20-13(9)12(18)10-4-3-5-11(8-10)19-14(15,16)17/h3-8,12H,2,18H2,1H3. The van der Waals surface area contributed by atoms with Gasteiger partial charge < -0.3 is 10.5 Å². The Morgan fingerprint density at radius 2 is 2.05 bits per heavy atom. The van der Waals surface area contributed by atoms with Gasteiger partial charge in [-0.25, -0.2) is 0 Å². The monoisotopic (exact) mass is 301 g/mol. The average molecular weight is 301 g/mol. The van der Waals surface area contributed by atoms with Crippen LogP contribution < -0.4 is 10.5 Å². The fourth-order valence-electron chi connectivity index (χ4n) is 1.97. The molecule has 0 aliphatic carbocycles. The molecule has 1 heterocycles. The van der Waals surface area contributed by atoms with Crippen molar-refractivity contribution in [3.05, 3.63) is 51.7 Å². The van der Waals surface area contributed by atoms with Gasteiger partial charge in [0.1, 0.15) is 5.75 Å². The molecule has 0 aliphatic heterocycles. The molecule has 0 aliphatic rings. The van der Waals surface area contributed by atoms with Crippen LogP contribution in [0.4, 0.5) is 13.2 Å². The summed E-state index contributed by atoms with van der Waals surface area (Å²) < 4.78 is 40.6. The second-order valence-electron chi connectivity index (χ2n) is 4.26. The van der Waals surface area contributed by atoms with Crippen LogP contribution in [0.15, 0.2) is 35.7 Å². The summed E-state index contributed by atoms with van der Waals surface area (Å²) >= 11 is 1.51. The van der Waals surface area contributed by atoms with Crippen molar-refractivity contribution < 1.29 is 17.9 Å². The molecule has 0 bridgehead atoms. The maximum absolute atomic E-state index is 12.2. The minimum atomic E-state index is -4.69. The molecule has 0 amide bonds. The molecule has 6 heteroatoms. The second kappa shape index (κ2) is 5.85.